The predicted octanol–water partition coefficient (Wildman–Crippen LogP) is 1.59. The minimum absolute atomic E-state index is 0.0317. The molecule has 0 radical (unpaired) electrons. The van der Waals surface area contributed by atoms with E-state index < -0.39 is 0 Å². The van der Waals surface area contributed by atoms with Crippen LogP contribution in [0.5, 0.6) is 0 Å². The molecule has 1 amide bonds. The molecule has 0 spiro atoms. The second-order valence-electron chi connectivity index (χ2n) is 5.17. The zero-order chi connectivity index (χ0) is 13.8. The fourth-order valence-corrected chi connectivity index (χ4v) is 2.15. The number of amides is 1. The molecular weight excluding hydrogens is 238 g/mol. The van der Waals surface area contributed by atoms with E-state index in [4.69, 9.17) is 5.26 Å². The van der Waals surface area contributed by atoms with Crippen LogP contribution < -0.4 is 10.6 Å². The van der Waals surface area contributed by atoms with Crippen molar-refractivity contribution in [2.24, 2.45) is 11.8 Å². The normalized spacial score (nSPS) is 17.9. The highest BCUT2D eigenvalue weighted by molar-refractivity contribution is 5.79. The molecule has 0 aliphatic carbocycles. The molecule has 1 fully saturated rings. The van der Waals surface area contributed by atoms with E-state index in [-0.39, 0.29) is 17.9 Å². The first-order valence-corrected chi connectivity index (χ1v) is 6.63. The van der Waals surface area contributed by atoms with Crippen LogP contribution in [0.4, 0.5) is 0 Å². The maximum atomic E-state index is 12.1. The van der Waals surface area contributed by atoms with Gasteiger partial charge >= 0.3 is 0 Å². The molecule has 19 heavy (non-hydrogen) atoms. The Bertz CT molecular complexity index is 485. The topological polar surface area (TPSA) is 64.9 Å². The van der Waals surface area contributed by atoms with Gasteiger partial charge in [-0.1, -0.05) is 19.1 Å². The molecule has 1 heterocycles. The Hall–Kier alpha value is -1.86. The first-order chi connectivity index (χ1) is 9.11. The van der Waals surface area contributed by atoms with Crippen LogP contribution in [-0.4, -0.2) is 19.0 Å². The lowest BCUT2D eigenvalue weighted by molar-refractivity contribution is -0.127. The van der Waals surface area contributed by atoms with E-state index in [1.54, 1.807) is 12.1 Å². The van der Waals surface area contributed by atoms with Crippen molar-refractivity contribution in [2.45, 2.75) is 19.9 Å². The average Bonchev–Trinajstić information content (AvgIpc) is 2.36. The lowest BCUT2D eigenvalue weighted by atomic mass is 9.88. The molecule has 0 aromatic heterocycles. The second-order valence-corrected chi connectivity index (χ2v) is 5.17. The highest BCUT2D eigenvalue weighted by atomic mass is 16.1. The summed E-state index contributed by atoms with van der Waals surface area (Å²) in [6.45, 7) is 5.80. The molecule has 1 aromatic carbocycles. The van der Waals surface area contributed by atoms with E-state index in [0.717, 1.165) is 18.7 Å². The predicted molar refractivity (Wildman–Crippen MR) is 73.2 cm³/mol. The summed E-state index contributed by atoms with van der Waals surface area (Å²) in [5.41, 5.74) is 1.66. The van der Waals surface area contributed by atoms with Crippen LogP contribution in [0.1, 0.15) is 31.0 Å². The largest absolute Gasteiger partial charge is 0.349 e. The monoisotopic (exact) mass is 257 g/mol. The van der Waals surface area contributed by atoms with Crippen LogP contribution in [0.3, 0.4) is 0 Å². The number of carbonyl (C=O) groups is 1. The van der Waals surface area contributed by atoms with Crippen molar-refractivity contribution in [1.29, 1.82) is 5.26 Å². The molecule has 1 aliphatic rings. The van der Waals surface area contributed by atoms with E-state index in [1.807, 2.05) is 26.0 Å². The van der Waals surface area contributed by atoms with Gasteiger partial charge in [-0.2, -0.15) is 5.26 Å². The zero-order valence-corrected chi connectivity index (χ0v) is 11.3. The Morgan fingerprint density at radius 1 is 1.37 bits per heavy atom. The Kier molecular flexibility index (Phi) is 4.18. The number of carbonyl (C=O) groups excluding carboxylic acids is 1. The molecule has 4 nitrogen and oxygen atoms in total. The molecule has 1 saturated heterocycles. The summed E-state index contributed by atoms with van der Waals surface area (Å²) in [6, 6.07) is 9.38. The summed E-state index contributed by atoms with van der Waals surface area (Å²) < 4.78 is 0. The van der Waals surface area contributed by atoms with Gasteiger partial charge in [0.1, 0.15) is 0 Å². The highest BCUT2D eigenvalue weighted by Crippen LogP contribution is 2.18. The molecule has 1 aliphatic heterocycles. The molecule has 2 rings (SSSR count). The van der Waals surface area contributed by atoms with Gasteiger partial charge < -0.3 is 10.6 Å². The van der Waals surface area contributed by atoms with Gasteiger partial charge in [-0.3, -0.25) is 4.79 Å². The summed E-state index contributed by atoms with van der Waals surface area (Å²) >= 11 is 0. The molecule has 2 atom stereocenters. The van der Waals surface area contributed by atoms with Crippen molar-refractivity contribution in [1.82, 2.24) is 10.6 Å². The van der Waals surface area contributed by atoms with Crippen molar-refractivity contribution in [3.63, 3.8) is 0 Å². The number of rotatable bonds is 4. The van der Waals surface area contributed by atoms with Gasteiger partial charge in [-0.05, 0) is 43.6 Å². The third kappa shape index (κ3) is 3.12. The number of nitriles is 1. The molecular formula is C15H19N3O. The number of nitrogens with zero attached hydrogens (tertiary/aromatic N) is 1. The van der Waals surface area contributed by atoms with Gasteiger partial charge in [0, 0.05) is 5.92 Å². The van der Waals surface area contributed by atoms with Crippen LogP contribution in [0.15, 0.2) is 24.3 Å². The van der Waals surface area contributed by atoms with Gasteiger partial charge in [0.15, 0.2) is 0 Å². The van der Waals surface area contributed by atoms with Crippen LogP contribution in [-0.2, 0) is 4.79 Å². The Labute approximate surface area is 113 Å². The van der Waals surface area contributed by atoms with Gasteiger partial charge in [0.2, 0.25) is 5.91 Å². The van der Waals surface area contributed by atoms with E-state index in [2.05, 4.69) is 16.7 Å². The minimum atomic E-state index is -0.0317. The molecule has 1 aromatic rings. The maximum absolute atomic E-state index is 12.1. The molecule has 0 saturated carbocycles. The van der Waals surface area contributed by atoms with Crippen molar-refractivity contribution in [3.8, 4) is 6.07 Å². The van der Waals surface area contributed by atoms with E-state index in [9.17, 15) is 4.79 Å². The molecule has 2 unspecified atom stereocenters. The van der Waals surface area contributed by atoms with Crippen molar-refractivity contribution in [3.05, 3.63) is 35.4 Å². The van der Waals surface area contributed by atoms with Gasteiger partial charge in [0.25, 0.3) is 0 Å². The van der Waals surface area contributed by atoms with Gasteiger partial charge in [-0.25, -0.2) is 0 Å². The first-order valence-electron chi connectivity index (χ1n) is 6.63. The Balaban J connectivity index is 1.93. The van der Waals surface area contributed by atoms with Crippen LogP contribution in [0.25, 0.3) is 0 Å². The molecule has 2 N–H and O–H groups in total. The number of hydrogen-bond acceptors (Lipinski definition) is 3. The second kappa shape index (κ2) is 5.85. The Morgan fingerprint density at radius 2 is 2.00 bits per heavy atom. The van der Waals surface area contributed by atoms with Crippen LogP contribution in [0.2, 0.25) is 0 Å². The third-order valence-corrected chi connectivity index (χ3v) is 3.83. The fraction of sp³-hybridized carbons (Fsp3) is 0.467. The van der Waals surface area contributed by atoms with Gasteiger partial charge in [0.05, 0.1) is 17.7 Å². The average molecular weight is 257 g/mol. The standard InChI is InChI=1S/C15H19N3O/c1-10(14-8-17-9-14)15(19)18-11(2)13-5-3-12(7-16)4-6-13/h3-6,10-11,14,17H,8-9H2,1-2H3,(H,18,19). The summed E-state index contributed by atoms with van der Waals surface area (Å²) in [4.78, 5) is 12.1. The summed E-state index contributed by atoms with van der Waals surface area (Å²) in [5, 5.41) is 15.0. The smallest absolute Gasteiger partial charge is 0.223 e. The van der Waals surface area contributed by atoms with Crippen molar-refractivity contribution >= 4 is 5.91 Å². The van der Waals surface area contributed by atoms with E-state index in [0.29, 0.717) is 11.5 Å². The SMILES string of the molecule is CC(NC(=O)C(C)C1CNC1)c1ccc(C#N)cc1. The number of benzene rings is 1. The zero-order valence-electron chi connectivity index (χ0n) is 11.3. The van der Waals surface area contributed by atoms with Crippen molar-refractivity contribution < 1.29 is 4.79 Å². The summed E-state index contributed by atoms with van der Waals surface area (Å²) in [7, 11) is 0. The number of hydrogen-bond donors (Lipinski definition) is 2. The quantitative estimate of drug-likeness (QED) is 0.861. The molecule has 4 heteroatoms. The lowest BCUT2D eigenvalue weighted by Crippen LogP contribution is -2.49. The summed E-state index contributed by atoms with van der Waals surface area (Å²) in [5.74, 6) is 0.596. The van der Waals surface area contributed by atoms with Gasteiger partial charge in [-0.15, -0.1) is 0 Å². The third-order valence-electron chi connectivity index (χ3n) is 3.83. The van der Waals surface area contributed by atoms with Crippen LogP contribution >= 0.6 is 0 Å². The molecule has 100 valence electrons. The fourth-order valence-electron chi connectivity index (χ4n) is 2.15. The molecule has 0 bridgehead atoms. The maximum Gasteiger partial charge on any atom is 0.223 e. The highest BCUT2D eigenvalue weighted by Gasteiger charge is 2.29. The van der Waals surface area contributed by atoms with E-state index >= 15 is 0 Å². The number of nitrogens with one attached hydrogen (secondary N) is 2. The van der Waals surface area contributed by atoms with Crippen LogP contribution in [0, 0.1) is 23.2 Å². The van der Waals surface area contributed by atoms with E-state index in [1.165, 1.54) is 0 Å². The first kappa shape index (κ1) is 13.6. The lowest BCUT2D eigenvalue weighted by Gasteiger charge is -2.32. The van der Waals surface area contributed by atoms with Crippen molar-refractivity contribution in [2.75, 3.05) is 13.1 Å². The Morgan fingerprint density at radius 3 is 2.47 bits per heavy atom. The minimum Gasteiger partial charge on any atom is -0.349 e. The summed E-state index contributed by atoms with van der Waals surface area (Å²) in [6.07, 6.45) is 0.